The molecule has 1 amide bonds. The minimum atomic E-state index is -0.827. The van der Waals surface area contributed by atoms with Gasteiger partial charge in [0.05, 0.1) is 11.5 Å². The lowest BCUT2D eigenvalue weighted by Gasteiger charge is -2.27. The van der Waals surface area contributed by atoms with Gasteiger partial charge < -0.3 is 16.2 Å². The van der Waals surface area contributed by atoms with Crippen molar-refractivity contribution in [2.24, 2.45) is 22.6 Å². The van der Waals surface area contributed by atoms with Crippen LogP contribution in [0.25, 0.3) is 0 Å². The fourth-order valence-electron chi connectivity index (χ4n) is 4.41. The van der Waals surface area contributed by atoms with Crippen molar-refractivity contribution < 1.29 is 14.7 Å². The summed E-state index contributed by atoms with van der Waals surface area (Å²) in [5, 5.41) is 13.7. The van der Waals surface area contributed by atoms with Crippen LogP contribution in [0.3, 0.4) is 0 Å². The van der Waals surface area contributed by atoms with Crippen molar-refractivity contribution >= 4 is 51.3 Å². The van der Waals surface area contributed by atoms with Crippen LogP contribution in [-0.4, -0.2) is 22.8 Å². The molecule has 2 atom stereocenters. The molecular weight excluding hydrogens is 422 g/mol. The number of thiophene rings is 1. The lowest BCUT2D eigenvalue weighted by Crippen LogP contribution is -2.36. The van der Waals surface area contributed by atoms with Gasteiger partial charge in [0.25, 0.3) is 5.91 Å². The van der Waals surface area contributed by atoms with Crippen LogP contribution in [0.1, 0.15) is 52.9 Å². The van der Waals surface area contributed by atoms with E-state index >= 15 is 0 Å². The molecule has 4 rings (SSSR count). The number of hydrogen-bond acceptors (Lipinski definition) is 4. The Labute approximate surface area is 184 Å². The van der Waals surface area contributed by atoms with Gasteiger partial charge in [-0.2, -0.15) is 0 Å². The van der Waals surface area contributed by atoms with E-state index in [1.54, 1.807) is 24.3 Å². The number of carboxylic acid groups (broad SMARTS) is 1. The van der Waals surface area contributed by atoms with Crippen molar-refractivity contribution in [2.45, 2.75) is 44.9 Å². The summed E-state index contributed by atoms with van der Waals surface area (Å²) in [6.07, 6.45) is 5.94. The van der Waals surface area contributed by atoms with E-state index in [2.05, 4.69) is 10.3 Å². The van der Waals surface area contributed by atoms with Crippen molar-refractivity contribution in [2.75, 3.05) is 5.32 Å². The third-order valence-electron chi connectivity index (χ3n) is 5.93. The zero-order chi connectivity index (χ0) is 21.3. The minimum Gasteiger partial charge on any atom is -0.481 e. The number of halogens is 1. The number of carbonyl (C=O) groups excluding carboxylic acids is 1. The van der Waals surface area contributed by atoms with E-state index in [1.807, 2.05) is 0 Å². The van der Waals surface area contributed by atoms with Gasteiger partial charge in [-0.15, -0.1) is 11.3 Å². The summed E-state index contributed by atoms with van der Waals surface area (Å²) in [7, 11) is 0. The van der Waals surface area contributed by atoms with Gasteiger partial charge in [0.2, 0.25) is 0 Å². The summed E-state index contributed by atoms with van der Waals surface area (Å²) in [6, 6.07) is 6.95. The number of benzene rings is 1. The van der Waals surface area contributed by atoms with Crippen LogP contribution in [0.4, 0.5) is 10.7 Å². The highest BCUT2D eigenvalue weighted by molar-refractivity contribution is 7.16. The number of carbonyl (C=O) groups is 2. The quantitative estimate of drug-likeness (QED) is 0.443. The van der Waals surface area contributed by atoms with Gasteiger partial charge in [-0.1, -0.05) is 24.4 Å². The Bertz CT molecular complexity index is 1000. The predicted octanol–water partition coefficient (Wildman–Crippen LogP) is 5.02. The molecule has 0 saturated heterocycles. The molecule has 8 heteroatoms. The molecule has 2 aliphatic carbocycles. The zero-order valence-corrected chi connectivity index (χ0v) is 18.1. The maximum absolute atomic E-state index is 13.1. The number of fused-ring (bicyclic) bond motifs is 1. The highest BCUT2D eigenvalue weighted by Gasteiger charge is 2.34. The Kier molecular flexibility index (Phi) is 6.11. The van der Waals surface area contributed by atoms with Crippen LogP contribution in [0.2, 0.25) is 5.02 Å². The average molecular weight is 446 g/mol. The molecule has 158 valence electrons. The Hall–Kier alpha value is -2.38. The smallest absolute Gasteiger partial charge is 0.307 e. The number of aryl methyl sites for hydroxylation is 1. The number of anilines is 1. The van der Waals surface area contributed by atoms with Crippen molar-refractivity contribution in [1.82, 2.24) is 0 Å². The topological polar surface area (TPSA) is 105 Å². The molecule has 1 aromatic heterocycles. The molecule has 2 aliphatic rings. The van der Waals surface area contributed by atoms with Gasteiger partial charge in [0.1, 0.15) is 10.8 Å². The molecule has 1 fully saturated rings. The van der Waals surface area contributed by atoms with E-state index < -0.39 is 11.9 Å². The van der Waals surface area contributed by atoms with E-state index in [9.17, 15) is 14.7 Å². The van der Waals surface area contributed by atoms with Gasteiger partial charge in [-0.25, -0.2) is 4.99 Å². The first-order valence-electron chi connectivity index (χ1n) is 10.2. The number of amides is 1. The first-order chi connectivity index (χ1) is 14.4. The lowest BCUT2D eigenvalue weighted by molar-refractivity contribution is -0.143. The molecular formula is C22H24ClN3O3S. The SMILES string of the molecule is N/C(=N\c1sc2c(c1C(=O)Nc1ccc(Cl)cc1)CCC2)C1CCCCC1C(=O)O. The highest BCUT2D eigenvalue weighted by atomic mass is 35.5. The number of aliphatic carboxylic acids is 1. The average Bonchev–Trinajstić information content (AvgIpc) is 3.30. The van der Waals surface area contributed by atoms with Crippen LogP contribution in [0.5, 0.6) is 0 Å². The third kappa shape index (κ3) is 4.23. The molecule has 0 bridgehead atoms. The number of nitrogens with one attached hydrogen (secondary N) is 1. The second kappa shape index (κ2) is 8.78. The molecule has 1 heterocycles. The molecule has 1 aromatic carbocycles. The Morgan fingerprint density at radius 3 is 2.50 bits per heavy atom. The molecule has 0 spiro atoms. The van der Waals surface area contributed by atoms with Gasteiger partial charge in [-0.05, 0) is 61.9 Å². The van der Waals surface area contributed by atoms with Gasteiger partial charge in [0, 0.05) is 21.5 Å². The molecule has 2 aromatic rings. The van der Waals surface area contributed by atoms with E-state index in [1.165, 1.54) is 16.2 Å². The van der Waals surface area contributed by atoms with Crippen LogP contribution in [0, 0.1) is 11.8 Å². The molecule has 6 nitrogen and oxygen atoms in total. The second-order valence-corrected chi connectivity index (χ2v) is 9.39. The largest absolute Gasteiger partial charge is 0.481 e. The monoisotopic (exact) mass is 445 g/mol. The standard InChI is InChI=1S/C22H24ClN3O3S/c23-12-8-10-13(11-9-12)25-20(27)18-16-6-3-7-17(16)30-21(18)26-19(24)14-4-1-2-5-15(14)22(28)29/h8-11,14-15H,1-7H2,(H2,24,26)(H,25,27)(H,28,29). The summed E-state index contributed by atoms with van der Waals surface area (Å²) in [6.45, 7) is 0. The van der Waals surface area contributed by atoms with E-state index in [4.69, 9.17) is 17.3 Å². The number of carboxylic acids is 1. The Balaban J connectivity index is 1.65. The fourth-order valence-corrected chi connectivity index (χ4v) is 5.81. The molecule has 2 unspecified atom stereocenters. The van der Waals surface area contributed by atoms with Crippen molar-refractivity contribution in [3.05, 3.63) is 45.3 Å². The van der Waals surface area contributed by atoms with Crippen molar-refractivity contribution in [3.8, 4) is 0 Å². The van der Waals surface area contributed by atoms with Crippen LogP contribution in [0.15, 0.2) is 29.3 Å². The lowest BCUT2D eigenvalue weighted by atomic mass is 9.78. The van der Waals surface area contributed by atoms with Crippen molar-refractivity contribution in [1.29, 1.82) is 0 Å². The van der Waals surface area contributed by atoms with Gasteiger partial charge in [0.15, 0.2) is 0 Å². The second-order valence-electron chi connectivity index (χ2n) is 7.87. The number of aliphatic imine (C=N–C) groups is 1. The predicted molar refractivity (Wildman–Crippen MR) is 120 cm³/mol. The summed E-state index contributed by atoms with van der Waals surface area (Å²) < 4.78 is 0. The molecule has 0 aliphatic heterocycles. The van der Waals surface area contributed by atoms with E-state index in [-0.39, 0.29) is 11.8 Å². The summed E-state index contributed by atoms with van der Waals surface area (Å²) in [5.74, 6) is -1.53. The number of nitrogens with two attached hydrogens (primary N) is 1. The van der Waals surface area contributed by atoms with Gasteiger partial charge >= 0.3 is 5.97 Å². The van der Waals surface area contributed by atoms with E-state index in [0.29, 0.717) is 40.0 Å². The normalized spacial score (nSPS) is 21.3. The maximum atomic E-state index is 13.1. The summed E-state index contributed by atoms with van der Waals surface area (Å²) in [5.41, 5.74) is 8.57. The minimum absolute atomic E-state index is 0.221. The van der Waals surface area contributed by atoms with Gasteiger partial charge in [-0.3, -0.25) is 9.59 Å². The first kappa shape index (κ1) is 20.9. The Morgan fingerprint density at radius 1 is 1.10 bits per heavy atom. The number of nitrogens with zero attached hydrogens (tertiary/aromatic N) is 1. The molecule has 30 heavy (non-hydrogen) atoms. The third-order valence-corrected chi connectivity index (χ3v) is 7.36. The Morgan fingerprint density at radius 2 is 1.80 bits per heavy atom. The fraction of sp³-hybridized carbons (Fsp3) is 0.409. The maximum Gasteiger partial charge on any atom is 0.307 e. The van der Waals surface area contributed by atoms with Crippen LogP contribution >= 0.6 is 22.9 Å². The molecule has 4 N–H and O–H groups in total. The number of rotatable bonds is 5. The molecule has 1 saturated carbocycles. The van der Waals surface area contributed by atoms with E-state index in [0.717, 1.165) is 37.7 Å². The number of hydrogen-bond donors (Lipinski definition) is 3. The molecule has 0 radical (unpaired) electrons. The number of amidine groups is 1. The van der Waals surface area contributed by atoms with Crippen molar-refractivity contribution in [3.63, 3.8) is 0 Å². The zero-order valence-electron chi connectivity index (χ0n) is 16.5. The highest BCUT2D eigenvalue weighted by Crippen LogP contribution is 2.42. The first-order valence-corrected chi connectivity index (χ1v) is 11.4. The summed E-state index contributed by atoms with van der Waals surface area (Å²) in [4.78, 5) is 30.6. The summed E-state index contributed by atoms with van der Waals surface area (Å²) >= 11 is 7.43. The van der Waals surface area contributed by atoms with Crippen LogP contribution in [-0.2, 0) is 17.6 Å². The van der Waals surface area contributed by atoms with Crippen LogP contribution < -0.4 is 11.1 Å².